The number of nitrogens with zero attached hydrogens (tertiary/aromatic N) is 6. The Hall–Kier alpha value is -2.75. The number of benzene rings is 1. The zero-order valence-corrected chi connectivity index (χ0v) is 14.9. The van der Waals surface area contributed by atoms with Gasteiger partial charge in [0.1, 0.15) is 6.33 Å². The van der Waals surface area contributed by atoms with Crippen LogP contribution in [0.1, 0.15) is 23.6 Å². The molecule has 3 aromatic rings. The van der Waals surface area contributed by atoms with Gasteiger partial charge in [0.2, 0.25) is 0 Å². The highest BCUT2D eigenvalue weighted by molar-refractivity contribution is 5.39. The van der Waals surface area contributed by atoms with Crippen LogP contribution < -0.4 is 0 Å². The van der Waals surface area contributed by atoms with E-state index in [1.807, 2.05) is 18.3 Å². The molecule has 0 amide bonds. The van der Waals surface area contributed by atoms with Crippen molar-refractivity contribution < 1.29 is 0 Å². The van der Waals surface area contributed by atoms with Crippen molar-refractivity contribution in [1.82, 2.24) is 24.4 Å². The molecule has 0 N–H and O–H groups in total. The van der Waals surface area contributed by atoms with E-state index in [0.29, 0.717) is 6.04 Å². The van der Waals surface area contributed by atoms with Gasteiger partial charge in [-0.1, -0.05) is 12.1 Å². The largest absolute Gasteiger partial charge is 0.296 e. The van der Waals surface area contributed by atoms with Crippen molar-refractivity contribution in [2.24, 2.45) is 0 Å². The molecular weight excluding hydrogens is 324 g/mol. The van der Waals surface area contributed by atoms with E-state index in [-0.39, 0.29) is 0 Å². The lowest BCUT2D eigenvalue weighted by Gasteiger charge is -2.40. The monoisotopic (exact) mass is 346 g/mol. The molecule has 6 nitrogen and oxygen atoms in total. The van der Waals surface area contributed by atoms with Gasteiger partial charge < -0.3 is 0 Å². The maximum atomic E-state index is 8.91. The number of piperazine rings is 1. The highest BCUT2D eigenvalue weighted by Crippen LogP contribution is 2.17. The summed E-state index contributed by atoms with van der Waals surface area (Å²) >= 11 is 0. The summed E-state index contributed by atoms with van der Waals surface area (Å²) in [5.41, 5.74) is 4.16. The maximum absolute atomic E-state index is 8.91. The molecule has 132 valence electrons. The van der Waals surface area contributed by atoms with Gasteiger partial charge in [0, 0.05) is 45.0 Å². The van der Waals surface area contributed by atoms with E-state index in [2.05, 4.69) is 57.1 Å². The van der Waals surface area contributed by atoms with Crippen molar-refractivity contribution in [3.05, 3.63) is 65.6 Å². The Morgan fingerprint density at radius 2 is 1.96 bits per heavy atom. The Kier molecular flexibility index (Phi) is 4.65. The van der Waals surface area contributed by atoms with E-state index >= 15 is 0 Å². The zero-order chi connectivity index (χ0) is 17.9. The Bertz CT molecular complexity index is 923. The van der Waals surface area contributed by atoms with Crippen molar-refractivity contribution in [1.29, 1.82) is 5.26 Å². The van der Waals surface area contributed by atoms with Crippen LogP contribution >= 0.6 is 0 Å². The molecule has 1 atom stereocenters. The lowest BCUT2D eigenvalue weighted by molar-refractivity contribution is 0.0733. The molecule has 1 aromatic carbocycles. The fourth-order valence-corrected chi connectivity index (χ4v) is 3.58. The molecule has 0 radical (unpaired) electrons. The lowest BCUT2D eigenvalue weighted by atomic mass is 10.1. The fourth-order valence-electron chi connectivity index (χ4n) is 3.58. The molecule has 4 rings (SSSR count). The average Bonchev–Trinajstić information content (AvgIpc) is 3.12. The summed E-state index contributed by atoms with van der Waals surface area (Å²) in [6, 6.07) is 14.8. The van der Waals surface area contributed by atoms with Crippen LogP contribution in [-0.2, 0) is 13.1 Å². The molecule has 2 aromatic heterocycles. The first-order valence-corrected chi connectivity index (χ1v) is 8.95. The first kappa shape index (κ1) is 16.7. The number of fused-ring (bicyclic) bond motifs is 1. The summed E-state index contributed by atoms with van der Waals surface area (Å²) < 4.78 is 1.79. The summed E-state index contributed by atoms with van der Waals surface area (Å²) in [6.07, 6.45) is 3.56. The first-order chi connectivity index (χ1) is 12.7. The van der Waals surface area contributed by atoms with E-state index in [1.165, 1.54) is 11.1 Å². The van der Waals surface area contributed by atoms with Crippen molar-refractivity contribution in [2.45, 2.75) is 26.1 Å². The van der Waals surface area contributed by atoms with Gasteiger partial charge in [-0.05, 0) is 42.3 Å². The van der Waals surface area contributed by atoms with E-state index < -0.39 is 0 Å². The minimum atomic E-state index is 0.497. The molecular formula is C20H22N6. The summed E-state index contributed by atoms with van der Waals surface area (Å²) in [7, 11) is 0. The number of pyridine rings is 1. The van der Waals surface area contributed by atoms with Crippen LogP contribution in [0, 0.1) is 11.3 Å². The van der Waals surface area contributed by atoms with Crippen LogP contribution in [0.4, 0.5) is 0 Å². The van der Waals surface area contributed by atoms with E-state index in [9.17, 15) is 0 Å². The maximum Gasteiger partial charge on any atom is 0.155 e. The molecule has 1 saturated heterocycles. The highest BCUT2D eigenvalue weighted by atomic mass is 15.3. The van der Waals surface area contributed by atoms with Gasteiger partial charge in [-0.25, -0.2) is 9.50 Å². The summed E-state index contributed by atoms with van der Waals surface area (Å²) in [4.78, 5) is 9.28. The number of aromatic nitrogens is 3. The number of rotatable bonds is 4. The van der Waals surface area contributed by atoms with Crippen molar-refractivity contribution in [3.8, 4) is 6.07 Å². The Morgan fingerprint density at radius 3 is 2.73 bits per heavy atom. The highest BCUT2D eigenvalue weighted by Gasteiger charge is 2.23. The molecule has 0 bridgehead atoms. The number of nitriles is 1. The predicted molar refractivity (Wildman–Crippen MR) is 99.3 cm³/mol. The van der Waals surface area contributed by atoms with Gasteiger partial charge in [-0.15, -0.1) is 0 Å². The van der Waals surface area contributed by atoms with Crippen molar-refractivity contribution in [3.63, 3.8) is 0 Å². The molecule has 3 heterocycles. The smallest absolute Gasteiger partial charge is 0.155 e. The Balaban J connectivity index is 1.36. The molecule has 1 fully saturated rings. The molecule has 1 unspecified atom stereocenters. The van der Waals surface area contributed by atoms with Crippen LogP contribution in [-0.4, -0.2) is 50.1 Å². The molecule has 0 saturated carbocycles. The van der Waals surface area contributed by atoms with Crippen LogP contribution in [0.25, 0.3) is 5.65 Å². The van der Waals surface area contributed by atoms with Crippen molar-refractivity contribution >= 4 is 5.65 Å². The second kappa shape index (κ2) is 7.24. The number of hydrogen-bond donors (Lipinski definition) is 0. The topological polar surface area (TPSA) is 60.5 Å². The summed E-state index contributed by atoms with van der Waals surface area (Å²) in [5.74, 6) is 0. The standard InChI is InChI=1S/C20H22N6/c1-16-12-24(13-18-4-2-17(11-21)3-5-18)8-9-25(16)14-19-6-7-26-20(10-19)22-15-23-26/h2-7,10,15-16H,8-9,12-14H2,1H3. The minimum absolute atomic E-state index is 0.497. The molecule has 26 heavy (non-hydrogen) atoms. The van der Waals surface area contributed by atoms with Gasteiger partial charge >= 0.3 is 0 Å². The lowest BCUT2D eigenvalue weighted by Crippen LogP contribution is -2.50. The van der Waals surface area contributed by atoms with Gasteiger partial charge in [0.15, 0.2) is 5.65 Å². The molecule has 0 aliphatic carbocycles. The zero-order valence-electron chi connectivity index (χ0n) is 14.9. The van der Waals surface area contributed by atoms with E-state index in [1.54, 1.807) is 10.8 Å². The third-order valence-electron chi connectivity index (χ3n) is 5.07. The summed E-state index contributed by atoms with van der Waals surface area (Å²) in [5, 5.41) is 13.1. The molecule has 1 aliphatic heterocycles. The Labute approximate surface area is 153 Å². The predicted octanol–water partition coefficient (Wildman–Crippen LogP) is 2.31. The first-order valence-electron chi connectivity index (χ1n) is 8.95. The Morgan fingerprint density at radius 1 is 1.12 bits per heavy atom. The normalized spacial score (nSPS) is 18.8. The van der Waals surface area contributed by atoms with E-state index in [0.717, 1.165) is 43.9 Å². The molecule has 6 heteroatoms. The second-order valence-corrected chi connectivity index (χ2v) is 6.96. The van der Waals surface area contributed by atoms with Crippen LogP contribution in [0.2, 0.25) is 0 Å². The number of hydrogen-bond acceptors (Lipinski definition) is 5. The molecule has 0 spiro atoms. The van der Waals surface area contributed by atoms with Gasteiger partial charge in [-0.3, -0.25) is 9.80 Å². The fraction of sp³-hybridized carbons (Fsp3) is 0.350. The minimum Gasteiger partial charge on any atom is -0.296 e. The van der Waals surface area contributed by atoms with Gasteiger partial charge in [0.05, 0.1) is 11.6 Å². The third kappa shape index (κ3) is 3.59. The van der Waals surface area contributed by atoms with Crippen molar-refractivity contribution in [2.75, 3.05) is 19.6 Å². The SMILES string of the molecule is CC1CN(Cc2ccc(C#N)cc2)CCN1Cc1ccn2ncnc2c1. The summed E-state index contributed by atoms with van der Waals surface area (Å²) in [6.45, 7) is 7.32. The van der Waals surface area contributed by atoms with Gasteiger partial charge in [-0.2, -0.15) is 10.4 Å². The second-order valence-electron chi connectivity index (χ2n) is 6.96. The van der Waals surface area contributed by atoms with Crippen LogP contribution in [0.5, 0.6) is 0 Å². The average molecular weight is 346 g/mol. The van der Waals surface area contributed by atoms with Gasteiger partial charge in [0.25, 0.3) is 0 Å². The quantitative estimate of drug-likeness (QED) is 0.725. The van der Waals surface area contributed by atoms with E-state index in [4.69, 9.17) is 5.26 Å². The third-order valence-corrected chi connectivity index (χ3v) is 5.07. The van der Waals surface area contributed by atoms with Crippen LogP contribution in [0.3, 0.4) is 0 Å². The van der Waals surface area contributed by atoms with Crippen LogP contribution in [0.15, 0.2) is 48.9 Å². The molecule has 1 aliphatic rings.